The molecule has 2 aromatic carbocycles. The fraction of sp³-hybridized carbons (Fsp3) is 0.143. The van der Waals surface area contributed by atoms with Gasteiger partial charge in [-0.15, -0.1) is 0 Å². The Labute approximate surface area is 126 Å². The molecule has 2 aromatic rings. The normalized spacial score (nSPS) is 12.3. The quantitative estimate of drug-likeness (QED) is 0.689. The van der Waals surface area contributed by atoms with Gasteiger partial charge in [-0.05, 0) is 43.3 Å². The van der Waals surface area contributed by atoms with Crippen molar-refractivity contribution in [1.82, 2.24) is 0 Å². The van der Waals surface area contributed by atoms with Gasteiger partial charge in [0.05, 0.1) is 11.1 Å². The van der Waals surface area contributed by atoms with E-state index in [-0.39, 0.29) is 11.1 Å². The molecule has 0 spiro atoms. The van der Waals surface area contributed by atoms with Crippen molar-refractivity contribution in [1.29, 1.82) is 0 Å². The molecule has 0 bridgehead atoms. The third-order valence-corrected chi connectivity index (χ3v) is 3.71. The van der Waals surface area contributed by atoms with E-state index in [1.807, 2.05) is 19.1 Å². The van der Waals surface area contributed by atoms with Gasteiger partial charge in [0.15, 0.2) is 0 Å². The molecule has 0 aliphatic heterocycles. The second-order valence-corrected chi connectivity index (χ2v) is 5.35. The van der Waals surface area contributed by atoms with Crippen LogP contribution in [0.4, 0.5) is 10.1 Å². The van der Waals surface area contributed by atoms with Crippen molar-refractivity contribution >= 4 is 40.5 Å². The van der Waals surface area contributed by atoms with E-state index in [0.29, 0.717) is 15.6 Å². The van der Waals surface area contributed by atoms with E-state index in [0.717, 1.165) is 5.69 Å². The molecular weight excluding hydrogens is 308 g/mol. The second kappa shape index (κ2) is 6.00. The smallest absolute Gasteiger partial charge is 0.142 e. The van der Waals surface area contributed by atoms with Gasteiger partial charge in [-0.25, -0.2) is 4.39 Å². The molecule has 0 aromatic heterocycles. The van der Waals surface area contributed by atoms with Gasteiger partial charge in [0, 0.05) is 21.3 Å². The molecule has 0 aliphatic carbocycles. The fourth-order valence-electron chi connectivity index (χ4n) is 1.81. The fourth-order valence-corrected chi connectivity index (χ4v) is 2.63. The van der Waals surface area contributed by atoms with Crippen LogP contribution in [0, 0.1) is 5.82 Å². The highest BCUT2D eigenvalue weighted by atomic mass is 35.5. The Morgan fingerprint density at radius 3 is 2.26 bits per heavy atom. The largest absolute Gasteiger partial charge is 0.378 e. The van der Waals surface area contributed by atoms with Gasteiger partial charge in [-0.3, -0.25) is 0 Å². The Balaban J connectivity index is 2.27. The molecule has 2 rings (SSSR count). The van der Waals surface area contributed by atoms with E-state index in [9.17, 15) is 4.39 Å². The Morgan fingerprint density at radius 1 is 1.00 bits per heavy atom. The Morgan fingerprint density at radius 2 is 1.63 bits per heavy atom. The molecule has 100 valence electrons. The number of rotatable bonds is 3. The topological polar surface area (TPSA) is 12.0 Å². The van der Waals surface area contributed by atoms with Gasteiger partial charge in [-0.2, -0.15) is 0 Å². The first-order chi connectivity index (χ1) is 8.99. The average molecular weight is 319 g/mol. The van der Waals surface area contributed by atoms with E-state index in [4.69, 9.17) is 34.8 Å². The predicted molar refractivity (Wildman–Crippen MR) is 79.9 cm³/mol. The Bertz CT molecular complexity index is 584. The molecule has 0 saturated heterocycles. The zero-order valence-electron chi connectivity index (χ0n) is 10.1. The lowest BCUT2D eigenvalue weighted by Gasteiger charge is -2.18. The minimum absolute atomic E-state index is 0.0430. The van der Waals surface area contributed by atoms with Crippen LogP contribution in [0.2, 0.25) is 15.1 Å². The number of nitrogens with one attached hydrogen (secondary N) is 1. The summed E-state index contributed by atoms with van der Waals surface area (Å²) in [5, 5.41) is 4.33. The van der Waals surface area contributed by atoms with Gasteiger partial charge in [-0.1, -0.05) is 34.8 Å². The summed E-state index contributed by atoms with van der Waals surface area (Å²) in [4.78, 5) is 0. The summed E-state index contributed by atoms with van der Waals surface area (Å²) < 4.78 is 13.5. The molecular formula is C14H11Cl3FN. The first-order valence-corrected chi connectivity index (χ1v) is 6.78. The summed E-state index contributed by atoms with van der Waals surface area (Å²) in [6, 6.07) is 9.73. The van der Waals surface area contributed by atoms with Crippen LogP contribution < -0.4 is 5.32 Å². The summed E-state index contributed by atoms with van der Waals surface area (Å²) >= 11 is 17.9. The first kappa shape index (κ1) is 14.4. The monoisotopic (exact) mass is 317 g/mol. The Kier molecular flexibility index (Phi) is 4.56. The molecule has 19 heavy (non-hydrogen) atoms. The van der Waals surface area contributed by atoms with Crippen molar-refractivity contribution in [3.63, 3.8) is 0 Å². The van der Waals surface area contributed by atoms with Crippen molar-refractivity contribution < 1.29 is 4.39 Å². The van der Waals surface area contributed by atoms with E-state index >= 15 is 0 Å². The number of anilines is 1. The lowest BCUT2D eigenvalue weighted by molar-refractivity contribution is 0.624. The molecule has 0 fully saturated rings. The Hall–Kier alpha value is -0.960. The van der Waals surface area contributed by atoms with Crippen LogP contribution in [-0.4, -0.2) is 0 Å². The van der Waals surface area contributed by atoms with Gasteiger partial charge in [0.25, 0.3) is 0 Å². The van der Waals surface area contributed by atoms with Crippen molar-refractivity contribution in [3.8, 4) is 0 Å². The van der Waals surface area contributed by atoms with Crippen molar-refractivity contribution in [2.45, 2.75) is 13.0 Å². The van der Waals surface area contributed by atoms with E-state index in [1.165, 1.54) is 12.1 Å². The van der Waals surface area contributed by atoms with Crippen LogP contribution >= 0.6 is 34.8 Å². The molecule has 1 nitrogen and oxygen atoms in total. The SMILES string of the molecule is CC(Nc1ccc(Cl)cc1)c1c(Cl)ccc(F)c1Cl. The summed E-state index contributed by atoms with van der Waals surface area (Å²) in [7, 11) is 0. The highest BCUT2D eigenvalue weighted by Crippen LogP contribution is 2.34. The summed E-state index contributed by atoms with van der Waals surface area (Å²) in [6.07, 6.45) is 0. The predicted octanol–water partition coefficient (Wildman–Crippen LogP) is 5.96. The van der Waals surface area contributed by atoms with Crippen LogP contribution in [0.5, 0.6) is 0 Å². The molecule has 0 heterocycles. The van der Waals surface area contributed by atoms with Crippen molar-refractivity contribution in [2.24, 2.45) is 0 Å². The molecule has 0 radical (unpaired) electrons. The van der Waals surface area contributed by atoms with Gasteiger partial charge in [0.1, 0.15) is 5.82 Å². The second-order valence-electron chi connectivity index (χ2n) is 4.13. The average Bonchev–Trinajstić information content (AvgIpc) is 2.37. The minimum atomic E-state index is -0.481. The third-order valence-electron chi connectivity index (χ3n) is 2.74. The maximum atomic E-state index is 13.5. The first-order valence-electron chi connectivity index (χ1n) is 5.64. The summed E-state index contributed by atoms with van der Waals surface area (Å²) in [5.74, 6) is -0.481. The molecule has 0 amide bonds. The molecule has 1 N–H and O–H groups in total. The van der Waals surface area contributed by atoms with Crippen LogP contribution in [0.3, 0.4) is 0 Å². The van der Waals surface area contributed by atoms with Crippen molar-refractivity contribution in [3.05, 3.63) is 62.8 Å². The van der Waals surface area contributed by atoms with E-state index in [2.05, 4.69) is 5.32 Å². The number of benzene rings is 2. The number of hydrogen-bond acceptors (Lipinski definition) is 1. The lowest BCUT2D eigenvalue weighted by Crippen LogP contribution is -2.08. The summed E-state index contributed by atoms with van der Waals surface area (Å²) in [5.41, 5.74) is 1.39. The molecule has 5 heteroatoms. The number of hydrogen-bond donors (Lipinski definition) is 1. The lowest BCUT2D eigenvalue weighted by atomic mass is 10.1. The van der Waals surface area contributed by atoms with Crippen LogP contribution in [0.1, 0.15) is 18.5 Å². The standard InChI is InChI=1S/C14H11Cl3FN/c1-8(19-10-4-2-9(15)3-5-10)13-11(16)6-7-12(18)14(13)17/h2-8,19H,1H3. The van der Waals surface area contributed by atoms with Crippen molar-refractivity contribution in [2.75, 3.05) is 5.32 Å². The van der Waals surface area contributed by atoms with E-state index in [1.54, 1.807) is 12.1 Å². The summed E-state index contributed by atoms with van der Waals surface area (Å²) in [6.45, 7) is 1.86. The van der Waals surface area contributed by atoms with Crippen LogP contribution in [0.25, 0.3) is 0 Å². The maximum absolute atomic E-state index is 13.5. The number of halogens is 4. The zero-order chi connectivity index (χ0) is 14.0. The highest BCUT2D eigenvalue weighted by molar-refractivity contribution is 6.36. The van der Waals surface area contributed by atoms with E-state index < -0.39 is 5.82 Å². The maximum Gasteiger partial charge on any atom is 0.142 e. The van der Waals surface area contributed by atoms with Gasteiger partial charge >= 0.3 is 0 Å². The highest BCUT2D eigenvalue weighted by Gasteiger charge is 2.16. The molecule has 0 aliphatic rings. The van der Waals surface area contributed by atoms with Gasteiger partial charge < -0.3 is 5.32 Å². The zero-order valence-corrected chi connectivity index (χ0v) is 12.3. The minimum Gasteiger partial charge on any atom is -0.378 e. The van der Waals surface area contributed by atoms with Crippen LogP contribution in [0.15, 0.2) is 36.4 Å². The molecule has 0 saturated carbocycles. The van der Waals surface area contributed by atoms with Gasteiger partial charge in [0.2, 0.25) is 0 Å². The third kappa shape index (κ3) is 3.33. The molecule has 1 atom stereocenters. The van der Waals surface area contributed by atoms with Crippen LogP contribution in [-0.2, 0) is 0 Å². The molecule has 1 unspecified atom stereocenters.